The molecule has 1 aromatic rings. The third kappa shape index (κ3) is 3.30. The quantitative estimate of drug-likeness (QED) is 0.847. The maximum atomic E-state index is 11.1. The standard InChI is InChI=1S/C13H19NO2S/c1-9(2)14(7-10-3-4-10)8-11-5-6-17-12(11)13(15)16/h5-6,9-10H,3-4,7-8H2,1-2H3,(H,15,16). The van der Waals surface area contributed by atoms with Crippen LogP contribution in [0.15, 0.2) is 11.4 Å². The van der Waals surface area contributed by atoms with Crippen LogP contribution < -0.4 is 0 Å². The SMILES string of the molecule is CC(C)N(Cc1ccsc1C(=O)O)CC1CC1. The minimum atomic E-state index is -0.801. The fourth-order valence-electron chi connectivity index (χ4n) is 1.96. The third-order valence-corrected chi connectivity index (χ3v) is 4.18. The van der Waals surface area contributed by atoms with Gasteiger partial charge in [-0.15, -0.1) is 11.3 Å². The first-order valence-corrected chi connectivity index (χ1v) is 6.99. The number of hydrogen-bond donors (Lipinski definition) is 1. The summed E-state index contributed by atoms with van der Waals surface area (Å²) >= 11 is 1.32. The molecule has 0 radical (unpaired) electrons. The van der Waals surface area contributed by atoms with E-state index in [4.69, 9.17) is 5.11 Å². The van der Waals surface area contributed by atoms with Crippen LogP contribution in [0, 0.1) is 5.92 Å². The van der Waals surface area contributed by atoms with Crippen molar-refractivity contribution in [1.29, 1.82) is 0 Å². The number of thiophene rings is 1. The topological polar surface area (TPSA) is 40.5 Å². The second kappa shape index (κ2) is 5.19. The summed E-state index contributed by atoms with van der Waals surface area (Å²) in [5.74, 6) is 0.0365. The molecule has 0 aromatic carbocycles. The highest BCUT2D eigenvalue weighted by Gasteiger charge is 2.26. The maximum absolute atomic E-state index is 11.1. The fourth-order valence-corrected chi connectivity index (χ4v) is 2.71. The molecule has 17 heavy (non-hydrogen) atoms. The van der Waals surface area contributed by atoms with Gasteiger partial charge in [-0.3, -0.25) is 4.90 Å². The summed E-state index contributed by atoms with van der Waals surface area (Å²) in [5.41, 5.74) is 0.955. The summed E-state index contributed by atoms with van der Waals surface area (Å²) in [6, 6.07) is 2.41. The molecule has 1 fully saturated rings. The van der Waals surface area contributed by atoms with Crippen molar-refractivity contribution < 1.29 is 9.90 Å². The zero-order valence-electron chi connectivity index (χ0n) is 10.3. The number of nitrogens with zero attached hydrogens (tertiary/aromatic N) is 1. The first-order chi connectivity index (χ1) is 8.08. The fraction of sp³-hybridized carbons (Fsp3) is 0.615. The van der Waals surface area contributed by atoms with Gasteiger partial charge < -0.3 is 5.11 Å². The number of hydrogen-bond acceptors (Lipinski definition) is 3. The first kappa shape index (κ1) is 12.6. The molecule has 2 rings (SSSR count). The molecule has 0 atom stereocenters. The minimum Gasteiger partial charge on any atom is -0.477 e. The molecule has 0 unspecified atom stereocenters. The van der Waals surface area contributed by atoms with E-state index in [1.807, 2.05) is 11.4 Å². The lowest BCUT2D eigenvalue weighted by Gasteiger charge is -2.26. The smallest absolute Gasteiger partial charge is 0.346 e. The lowest BCUT2D eigenvalue weighted by atomic mass is 10.2. The monoisotopic (exact) mass is 253 g/mol. The van der Waals surface area contributed by atoms with E-state index >= 15 is 0 Å². The number of carboxylic acid groups (broad SMARTS) is 1. The van der Waals surface area contributed by atoms with Crippen LogP contribution in [0.2, 0.25) is 0 Å². The Morgan fingerprint density at radius 3 is 2.82 bits per heavy atom. The van der Waals surface area contributed by atoms with Crippen LogP contribution in [-0.4, -0.2) is 28.6 Å². The molecule has 0 bridgehead atoms. The van der Waals surface area contributed by atoms with E-state index in [2.05, 4.69) is 18.7 Å². The molecule has 0 amide bonds. The van der Waals surface area contributed by atoms with E-state index < -0.39 is 5.97 Å². The molecule has 4 heteroatoms. The van der Waals surface area contributed by atoms with Crippen molar-refractivity contribution in [1.82, 2.24) is 4.90 Å². The Hall–Kier alpha value is -0.870. The third-order valence-electron chi connectivity index (χ3n) is 3.23. The van der Waals surface area contributed by atoms with Gasteiger partial charge in [-0.05, 0) is 49.6 Å². The lowest BCUT2D eigenvalue weighted by Crippen LogP contribution is -2.32. The Bertz CT molecular complexity index is 396. The Labute approximate surface area is 106 Å². The summed E-state index contributed by atoms with van der Waals surface area (Å²) in [4.78, 5) is 13.9. The molecule has 1 heterocycles. The van der Waals surface area contributed by atoms with Gasteiger partial charge in [0.2, 0.25) is 0 Å². The van der Waals surface area contributed by atoms with E-state index in [1.165, 1.54) is 24.2 Å². The van der Waals surface area contributed by atoms with Crippen molar-refractivity contribution in [3.05, 3.63) is 21.9 Å². The van der Waals surface area contributed by atoms with Gasteiger partial charge in [0.05, 0.1) is 0 Å². The van der Waals surface area contributed by atoms with Gasteiger partial charge >= 0.3 is 5.97 Å². The number of aromatic carboxylic acids is 1. The molecule has 0 aliphatic heterocycles. The van der Waals surface area contributed by atoms with E-state index in [1.54, 1.807) is 0 Å². The summed E-state index contributed by atoms with van der Waals surface area (Å²) in [6.07, 6.45) is 2.66. The predicted molar refractivity (Wildman–Crippen MR) is 69.5 cm³/mol. The Morgan fingerprint density at radius 2 is 2.29 bits per heavy atom. The van der Waals surface area contributed by atoms with E-state index in [9.17, 15) is 4.79 Å². The number of carboxylic acids is 1. The maximum Gasteiger partial charge on any atom is 0.346 e. The predicted octanol–water partition coefficient (Wildman–Crippen LogP) is 3.07. The average Bonchev–Trinajstić information content (AvgIpc) is 2.93. The number of carbonyl (C=O) groups is 1. The van der Waals surface area contributed by atoms with Crippen molar-refractivity contribution >= 4 is 17.3 Å². The highest BCUT2D eigenvalue weighted by molar-refractivity contribution is 7.12. The summed E-state index contributed by atoms with van der Waals surface area (Å²) in [5, 5.41) is 11.0. The normalized spacial score (nSPS) is 15.8. The van der Waals surface area contributed by atoms with Gasteiger partial charge in [0.25, 0.3) is 0 Å². The molecular weight excluding hydrogens is 234 g/mol. The molecule has 3 nitrogen and oxygen atoms in total. The largest absolute Gasteiger partial charge is 0.477 e. The molecular formula is C13H19NO2S. The number of rotatable bonds is 6. The van der Waals surface area contributed by atoms with Crippen LogP contribution in [-0.2, 0) is 6.54 Å². The zero-order chi connectivity index (χ0) is 12.4. The molecule has 94 valence electrons. The van der Waals surface area contributed by atoms with E-state index in [0.717, 1.165) is 24.6 Å². The highest BCUT2D eigenvalue weighted by Crippen LogP contribution is 2.31. The summed E-state index contributed by atoms with van der Waals surface area (Å²) in [7, 11) is 0. The highest BCUT2D eigenvalue weighted by atomic mass is 32.1. The molecule has 1 aliphatic carbocycles. The van der Waals surface area contributed by atoms with Crippen molar-refractivity contribution in [2.24, 2.45) is 5.92 Å². The minimum absolute atomic E-state index is 0.470. The molecule has 1 N–H and O–H groups in total. The summed E-state index contributed by atoms with van der Waals surface area (Å²) < 4.78 is 0. The Balaban J connectivity index is 2.05. The Morgan fingerprint density at radius 1 is 1.59 bits per heavy atom. The Kier molecular flexibility index (Phi) is 3.84. The van der Waals surface area contributed by atoms with Crippen molar-refractivity contribution in [2.75, 3.05) is 6.54 Å². The molecule has 0 spiro atoms. The molecule has 0 saturated heterocycles. The van der Waals surface area contributed by atoms with Crippen molar-refractivity contribution in [2.45, 2.75) is 39.3 Å². The van der Waals surface area contributed by atoms with Crippen LogP contribution in [0.1, 0.15) is 41.9 Å². The van der Waals surface area contributed by atoms with Crippen LogP contribution in [0.25, 0.3) is 0 Å². The first-order valence-electron chi connectivity index (χ1n) is 6.11. The second-order valence-electron chi connectivity index (χ2n) is 5.05. The molecule has 1 aliphatic rings. The van der Waals surface area contributed by atoms with Crippen molar-refractivity contribution in [3.63, 3.8) is 0 Å². The van der Waals surface area contributed by atoms with Crippen LogP contribution in [0.3, 0.4) is 0 Å². The van der Waals surface area contributed by atoms with Gasteiger partial charge in [0.1, 0.15) is 4.88 Å². The zero-order valence-corrected chi connectivity index (χ0v) is 11.2. The van der Waals surface area contributed by atoms with Crippen LogP contribution in [0.4, 0.5) is 0 Å². The van der Waals surface area contributed by atoms with Gasteiger partial charge in [0, 0.05) is 19.1 Å². The van der Waals surface area contributed by atoms with Gasteiger partial charge in [0.15, 0.2) is 0 Å². The van der Waals surface area contributed by atoms with Crippen LogP contribution in [0.5, 0.6) is 0 Å². The average molecular weight is 253 g/mol. The molecule has 1 aromatic heterocycles. The second-order valence-corrected chi connectivity index (χ2v) is 5.96. The van der Waals surface area contributed by atoms with Gasteiger partial charge in [-0.25, -0.2) is 4.79 Å². The van der Waals surface area contributed by atoms with Crippen LogP contribution >= 0.6 is 11.3 Å². The summed E-state index contributed by atoms with van der Waals surface area (Å²) in [6.45, 7) is 6.22. The lowest BCUT2D eigenvalue weighted by molar-refractivity contribution is 0.0699. The van der Waals surface area contributed by atoms with E-state index in [-0.39, 0.29) is 0 Å². The van der Waals surface area contributed by atoms with E-state index in [0.29, 0.717) is 10.9 Å². The molecule has 1 saturated carbocycles. The van der Waals surface area contributed by atoms with Crippen molar-refractivity contribution in [3.8, 4) is 0 Å². The van der Waals surface area contributed by atoms with Gasteiger partial charge in [-0.1, -0.05) is 0 Å². The van der Waals surface area contributed by atoms with Gasteiger partial charge in [-0.2, -0.15) is 0 Å².